The van der Waals surface area contributed by atoms with Crippen molar-refractivity contribution in [1.82, 2.24) is 15.1 Å². The van der Waals surface area contributed by atoms with E-state index < -0.39 is 27.3 Å². The molecule has 0 saturated heterocycles. The number of fused-ring (bicyclic) bond motifs is 1. The number of hydrogen-bond donors (Lipinski definition) is 1. The Labute approximate surface area is 124 Å². The lowest BCUT2D eigenvalue weighted by atomic mass is 10.2. The molecule has 2 rings (SSSR count). The molecule has 10 nitrogen and oxygen atoms in total. The van der Waals surface area contributed by atoms with E-state index >= 15 is 0 Å². The van der Waals surface area contributed by atoms with E-state index in [4.69, 9.17) is 0 Å². The minimum absolute atomic E-state index is 0.145. The van der Waals surface area contributed by atoms with Gasteiger partial charge in [0.1, 0.15) is 0 Å². The number of nitrogens with zero attached hydrogens (tertiary/aromatic N) is 4. The van der Waals surface area contributed by atoms with Crippen LogP contribution < -0.4 is 5.32 Å². The van der Waals surface area contributed by atoms with Crippen LogP contribution in [0.3, 0.4) is 0 Å². The van der Waals surface area contributed by atoms with Crippen LogP contribution in [0.2, 0.25) is 0 Å². The predicted octanol–water partition coefficient (Wildman–Crippen LogP) is 2.21. The summed E-state index contributed by atoms with van der Waals surface area (Å²) in [5, 5.41) is 28.6. The normalized spacial score (nSPS) is 10.6. The van der Waals surface area contributed by atoms with Crippen molar-refractivity contribution in [2.45, 2.75) is 19.8 Å². The molecule has 1 aromatic carbocycles. The van der Waals surface area contributed by atoms with E-state index in [2.05, 4.69) is 10.4 Å². The maximum Gasteiger partial charge on any atom is 0.348 e. The van der Waals surface area contributed by atoms with Gasteiger partial charge in [0.15, 0.2) is 0 Å². The second-order valence-electron chi connectivity index (χ2n) is 4.56. The molecule has 2 aromatic rings. The van der Waals surface area contributed by atoms with Gasteiger partial charge < -0.3 is 5.32 Å². The maximum atomic E-state index is 12.0. The zero-order valence-corrected chi connectivity index (χ0v) is 11.7. The molecule has 0 aliphatic heterocycles. The van der Waals surface area contributed by atoms with Crippen molar-refractivity contribution in [3.8, 4) is 0 Å². The molecule has 10 heteroatoms. The summed E-state index contributed by atoms with van der Waals surface area (Å²) in [4.78, 5) is 32.1. The van der Waals surface area contributed by atoms with Crippen molar-refractivity contribution >= 4 is 28.3 Å². The van der Waals surface area contributed by atoms with Crippen molar-refractivity contribution in [2.75, 3.05) is 6.54 Å². The first-order chi connectivity index (χ1) is 10.5. The maximum absolute atomic E-state index is 12.0. The Balaban J connectivity index is 2.47. The number of hydrogen-bond acceptors (Lipinski definition) is 6. The summed E-state index contributed by atoms with van der Waals surface area (Å²) in [7, 11) is 0. The Hall–Kier alpha value is -3.04. The van der Waals surface area contributed by atoms with E-state index in [1.165, 1.54) is 6.20 Å². The number of amides is 1. The monoisotopic (exact) mass is 307 g/mol. The first-order valence-corrected chi connectivity index (χ1v) is 6.54. The molecule has 0 fully saturated rings. The molecule has 116 valence electrons. The van der Waals surface area contributed by atoms with Gasteiger partial charge >= 0.3 is 17.4 Å². The van der Waals surface area contributed by atoms with Gasteiger partial charge in [-0.1, -0.05) is 13.3 Å². The highest BCUT2D eigenvalue weighted by molar-refractivity contribution is 5.93. The van der Waals surface area contributed by atoms with Crippen LogP contribution in [-0.4, -0.2) is 32.2 Å². The second-order valence-corrected chi connectivity index (χ2v) is 4.56. The fourth-order valence-electron chi connectivity index (χ4n) is 1.95. The lowest BCUT2D eigenvalue weighted by molar-refractivity contribution is -0.422. The lowest BCUT2D eigenvalue weighted by Gasteiger charge is -2.04. The van der Waals surface area contributed by atoms with Gasteiger partial charge in [-0.15, -0.1) is 0 Å². The molecule has 0 bridgehead atoms. The molecule has 0 spiro atoms. The molecule has 22 heavy (non-hydrogen) atoms. The zero-order chi connectivity index (χ0) is 16.3. The Morgan fingerprint density at radius 1 is 1.27 bits per heavy atom. The standard InChI is InChI=1S/C12H13N5O5/c1-2-3-4-13-12(18)15-9-6-11(17(21)22)10(16(19)20)5-8(9)7-14-15/h5-7H,2-4H2,1H3,(H,13,18). The highest BCUT2D eigenvalue weighted by Gasteiger charge is 2.27. The minimum atomic E-state index is -0.857. The van der Waals surface area contributed by atoms with Crippen LogP contribution in [0.5, 0.6) is 0 Å². The predicted molar refractivity (Wildman–Crippen MR) is 76.7 cm³/mol. The molecule has 0 atom stereocenters. The average molecular weight is 307 g/mol. The largest absolute Gasteiger partial charge is 0.348 e. The third-order valence-corrected chi connectivity index (χ3v) is 3.06. The number of nitro benzene ring substituents is 2. The number of rotatable bonds is 5. The summed E-state index contributed by atoms with van der Waals surface area (Å²) < 4.78 is 0.960. The molecular formula is C12H13N5O5. The fraction of sp³-hybridized carbons (Fsp3) is 0.333. The second kappa shape index (κ2) is 6.16. The smallest absolute Gasteiger partial charge is 0.336 e. The van der Waals surface area contributed by atoms with E-state index in [0.29, 0.717) is 6.54 Å². The molecule has 0 aliphatic carbocycles. The molecule has 0 aliphatic rings. The van der Waals surface area contributed by atoms with Gasteiger partial charge in [0.05, 0.1) is 27.6 Å². The van der Waals surface area contributed by atoms with Crippen LogP contribution in [0.4, 0.5) is 16.2 Å². The Bertz CT molecular complexity index is 754. The SMILES string of the molecule is CCCCNC(=O)n1ncc2cc([N+](=O)[O-])c([N+](=O)[O-])cc21. The van der Waals surface area contributed by atoms with E-state index in [-0.39, 0.29) is 10.9 Å². The van der Waals surface area contributed by atoms with E-state index in [1.807, 2.05) is 6.92 Å². The number of aromatic nitrogens is 2. The number of nitrogens with one attached hydrogen (secondary N) is 1. The molecule has 1 heterocycles. The molecule has 0 radical (unpaired) electrons. The summed E-state index contributed by atoms with van der Waals surface area (Å²) in [5.41, 5.74) is -1.17. The highest BCUT2D eigenvalue weighted by Crippen LogP contribution is 2.31. The first-order valence-electron chi connectivity index (χ1n) is 6.54. The molecule has 1 aromatic heterocycles. The van der Waals surface area contributed by atoms with Crippen molar-refractivity contribution in [3.63, 3.8) is 0 Å². The summed E-state index contributed by atoms with van der Waals surface area (Å²) in [6.07, 6.45) is 2.94. The van der Waals surface area contributed by atoms with Crippen molar-refractivity contribution < 1.29 is 14.6 Å². The van der Waals surface area contributed by atoms with E-state index in [0.717, 1.165) is 29.7 Å². The molecule has 1 amide bonds. The van der Waals surface area contributed by atoms with Crippen LogP contribution in [-0.2, 0) is 0 Å². The number of nitro groups is 2. The van der Waals surface area contributed by atoms with Gasteiger partial charge in [0.2, 0.25) is 0 Å². The van der Waals surface area contributed by atoms with Gasteiger partial charge in [-0.05, 0) is 6.42 Å². The Kier molecular flexibility index (Phi) is 4.30. The first kappa shape index (κ1) is 15.4. The summed E-state index contributed by atoms with van der Waals surface area (Å²) >= 11 is 0. The highest BCUT2D eigenvalue weighted by atomic mass is 16.6. The van der Waals surface area contributed by atoms with Gasteiger partial charge in [0, 0.05) is 18.0 Å². The number of carbonyl (C=O) groups excluding carboxylic acids is 1. The van der Waals surface area contributed by atoms with Gasteiger partial charge in [-0.3, -0.25) is 20.2 Å². The molecule has 0 saturated carbocycles. The third-order valence-electron chi connectivity index (χ3n) is 3.06. The van der Waals surface area contributed by atoms with Crippen LogP contribution in [0.25, 0.3) is 10.9 Å². The van der Waals surface area contributed by atoms with Crippen molar-refractivity contribution in [2.24, 2.45) is 0 Å². The third kappa shape index (κ3) is 2.85. The van der Waals surface area contributed by atoms with E-state index in [9.17, 15) is 25.0 Å². The van der Waals surface area contributed by atoms with Crippen LogP contribution in [0.15, 0.2) is 18.3 Å². The van der Waals surface area contributed by atoms with Gasteiger partial charge in [-0.25, -0.2) is 4.79 Å². The Morgan fingerprint density at radius 2 is 1.91 bits per heavy atom. The van der Waals surface area contributed by atoms with E-state index in [1.54, 1.807) is 0 Å². The average Bonchev–Trinajstić information content (AvgIpc) is 2.88. The number of unbranched alkanes of at least 4 members (excludes halogenated alkanes) is 1. The summed E-state index contributed by atoms with van der Waals surface area (Å²) in [6, 6.07) is 1.49. The number of benzene rings is 1. The van der Waals surface area contributed by atoms with Crippen LogP contribution >= 0.6 is 0 Å². The minimum Gasteiger partial charge on any atom is -0.336 e. The van der Waals surface area contributed by atoms with Gasteiger partial charge in [0.25, 0.3) is 0 Å². The van der Waals surface area contributed by atoms with Gasteiger partial charge in [-0.2, -0.15) is 9.78 Å². The Morgan fingerprint density at radius 3 is 2.50 bits per heavy atom. The van der Waals surface area contributed by atoms with Crippen LogP contribution in [0, 0.1) is 20.2 Å². The van der Waals surface area contributed by atoms with Crippen molar-refractivity contribution in [1.29, 1.82) is 0 Å². The fourth-order valence-corrected chi connectivity index (χ4v) is 1.95. The topological polar surface area (TPSA) is 133 Å². The quantitative estimate of drug-likeness (QED) is 0.511. The molecule has 0 unspecified atom stereocenters. The van der Waals surface area contributed by atoms with Crippen molar-refractivity contribution in [3.05, 3.63) is 38.6 Å². The summed E-state index contributed by atoms with van der Waals surface area (Å²) in [6.45, 7) is 2.42. The summed E-state index contributed by atoms with van der Waals surface area (Å²) in [5.74, 6) is 0. The van der Waals surface area contributed by atoms with Crippen LogP contribution in [0.1, 0.15) is 19.8 Å². The molecular weight excluding hydrogens is 294 g/mol. The zero-order valence-electron chi connectivity index (χ0n) is 11.7. The molecule has 1 N–H and O–H groups in total. The lowest BCUT2D eigenvalue weighted by Crippen LogP contribution is -2.30. The number of carbonyl (C=O) groups is 1.